The third kappa shape index (κ3) is 4.72. The Bertz CT molecular complexity index is 1580. The van der Waals surface area contributed by atoms with Gasteiger partial charge in [0, 0.05) is 29.2 Å². The molecule has 0 fully saturated rings. The number of anilines is 3. The van der Waals surface area contributed by atoms with Crippen molar-refractivity contribution >= 4 is 34.7 Å². The van der Waals surface area contributed by atoms with Gasteiger partial charge in [0.15, 0.2) is 0 Å². The maximum absolute atomic E-state index is 13.5. The molecule has 0 bridgehead atoms. The molecule has 0 unspecified atom stereocenters. The average molecular weight is 513 g/mol. The number of amides is 2. The number of nitrogens with zero attached hydrogens (tertiary/aromatic N) is 3. The lowest BCUT2D eigenvalue weighted by molar-refractivity contribution is -0.384. The third-order valence-electron chi connectivity index (χ3n) is 6.04. The van der Waals surface area contributed by atoms with Gasteiger partial charge in [-0.1, -0.05) is 30.3 Å². The van der Waals surface area contributed by atoms with Crippen LogP contribution in [-0.4, -0.2) is 26.5 Å². The number of halogens is 1. The molecule has 3 aromatic carbocycles. The van der Waals surface area contributed by atoms with E-state index in [1.807, 2.05) is 6.07 Å². The Balaban J connectivity index is 1.57. The van der Waals surface area contributed by atoms with Gasteiger partial charge in [0.25, 0.3) is 17.5 Å². The monoisotopic (exact) mass is 512 g/mol. The molecule has 3 N–H and O–H groups in total. The van der Waals surface area contributed by atoms with Crippen molar-refractivity contribution in [2.45, 2.75) is 13.0 Å². The van der Waals surface area contributed by atoms with Gasteiger partial charge in [-0.05, 0) is 48.9 Å². The Hall–Kier alpha value is -5.32. The minimum Gasteiger partial charge on any atom is -0.343 e. The summed E-state index contributed by atoms with van der Waals surface area (Å²) < 4.78 is 14.7. The molecule has 0 aliphatic carbocycles. The molecule has 11 heteroatoms. The third-order valence-corrected chi connectivity index (χ3v) is 6.04. The summed E-state index contributed by atoms with van der Waals surface area (Å²) >= 11 is 0. The van der Waals surface area contributed by atoms with Crippen molar-refractivity contribution in [2.24, 2.45) is 0 Å². The first-order valence-corrected chi connectivity index (χ1v) is 11.5. The van der Waals surface area contributed by atoms with Crippen LogP contribution in [0.15, 0.2) is 96.3 Å². The quantitative estimate of drug-likeness (QED) is 0.243. The van der Waals surface area contributed by atoms with Gasteiger partial charge in [-0.25, -0.2) is 9.07 Å². The van der Waals surface area contributed by atoms with Crippen molar-refractivity contribution in [3.63, 3.8) is 0 Å². The molecule has 5 rings (SSSR count). The van der Waals surface area contributed by atoms with Gasteiger partial charge in [0.05, 0.1) is 16.7 Å². The van der Waals surface area contributed by atoms with Crippen molar-refractivity contribution in [1.82, 2.24) is 9.78 Å². The maximum atomic E-state index is 13.5. The van der Waals surface area contributed by atoms with Gasteiger partial charge in [-0.3, -0.25) is 19.7 Å². The first-order chi connectivity index (χ1) is 18.3. The van der Waals surface area contributed by atoms with Gasteiger partial charge in [-0.2, -0.15) is 5.10 Å². The molecule has 2 heterocycles. The van der Waals surface area contributed by atoms with Crippen LogP contribution in [0.4, 0.5) is 27.3 Å². The number of rotatable bonds is 6. The SMILES string of the molecule is CC1=C(C(=O)Nc2ccccc2)[C@H](c2cccc([N+](=O)[O-])c2)n2ncc(C(=O)Nc3ccc(F)cc3)c2N1. The van der Waals surface area contributed by atoms with Crippen molar-refractivity contribution in [1.29, 1.82) is 0 Å². The number of hydrogen-bond acceptors (Lipinski definition) is 6. The first-order valence-electron chi connectivity index (χ1n) is 11.5. The van der Waals surface area contributed by atoms with Crippen molar-refractivity contribution in [3.8, 4) is 0 Å². The number of para-hydroxylation sites is 1. The molecule has 190 valence electrons. The Morgan fingerprint density at radius 2 is 1.66 bits per heavy atom. The fourth-order valence-corrected chi connectivity index (χ4v) is 4.28. The van der Waals surface area contributed by atoms with E-state index in [2.05, 4.69) is 21.0 Å². The van der Waals surface area contributed by atoms with E-state index in [-0.39, 0.29) is 16.8 Å². The molecule has 1 atom stereocenters. The van der Waals surface area contributed by atoms with Crippen LogP contribution >= 0.6 is 0 Å². The van der Waals surface area contributed by atoms with Gasteiger partial charge >= 0.3 is 0 Å². The molecule has 38 heavy (non-hydrogen) atoms. The highest BCUT2D eigenvalue weighted by Crippen LogP contribution is 2.38. The van der Waals surface area contributed by atoms with Gasteiger partial charge in [0.1, 0.15) is 23.2 Å². The van der Waals surface area contributed by atoms with Crippen LogP contribution < -0.4 is 16.0 Å². The van der Waals surface area contributed by atoms with Crippen molar-refractivity contribution < 1.29 is 18.9 Å². The highest BCUT2D eigenvalue weighted by molar-refractivity contribution is 6.09. The maximum Gasteiger partial charge on any atom is 0.269 e. The van der Waals surface area contributed by atoms with Crippen LogP contribution in [0.25, 0.3) is 0 Å². The van der Waals surface area contributed by atoms with E-state index < -0.39 is 28.6 Å². The number of nitro benzene ring substituents is 1. The zero-order valence-electron chi connectivity index (χ0n) is 20.0. The Morgan fingerprint density at radius 3 is 2.37 bits per heavy atom. The summed E-state index contributed by atoms with van der Waals surface area (Å²) in [5, 5.41) is 24.5. The lowest BCUT2D eigenvalue weighted by Crippen LogP contribution is -2.32. The number of benzene rings is 3. The van der Waals surface area contributed by atoms with Crippen LogP contribution in [0.1, 0.15) is 28.9 Å². The highest BCUT2D eigenvalue weighted by atomic mass is 19.1. The number of carbonyl (C=O) groups is 2. The lowest BCUT2D eigenvalue weighted by Gasteiger charge is -2.30. The molecule has 0 spiro atoms. The Kier molecular flexibility index (Phi) is 6.40. The van der Waals surface area contributed by atoms with Crippen LogP contribution in [0.5, 0.6) is 0 Å². The zero-order valence-corrected chi connectivity index (χ0v) is 20.0. The number of carbonyl (C=O) groups excluding carboxylic acids is 2. The molecule has 10 nitrogen and oxygen atoms in total. The summed E-state index contributed by atoms with van der Waals surface area (Å²) in [6, 6.07) is 19.2. The first kappa shape index (κ1) is 24.4. The van der Waals surface area contributed by atoms with Crippen molar-refractivity contribution in [3.05, 3.63) is 123 Å². The van der Waals surface area contributed by atoms with Crippen LogP contribution in [0, 0.1) is 15.9 Å². The Labute approximate surface area is 215 Å². The van der Waals surface area contributed by atoms with Gasteiger partial charge in [0.2, 0.25) is 0 Å². The molecule has 1 aromatic heterocycles. The fourth-order valence-electron chi connectivity index (χ4n) is 4.28. The van der Waals surface area contributed by atoms with Crippen molar-refractivity contribution in [2.75, 3.05) is 16.0 Å². The number of nitrogens with one attached hydrogen (secondary N) is 3. The summed E-state index contributed by atoms with van der Waals surface area (Å²) in [4.78, 5) is 37.6. The van der Waals surface area contributed by atoms with Gasteiger partial charge < -0.3 is 16.0 Å². The number of nitro groups is 1. The Morgan fingerprint density at radius 1 is 0.974 bits per heavy atom. The second kappa shape index (κ2) is 9.97. The van der Waals surface area contributed by atoms with E-state index in [0.717, 1.165) is 0 Å². The standard InChI is InChI=1S/C27H21FN6O4/c1-16-23(27(36)32-19-7-3-2-4-8-19)24(17-6-5-9-21(14-17)34(37)38)33-25(30-16)22(15-29-33)26(35)31-20-12-10-18(28)11-13-20/h2-15,24,30H,1H3,(H,31,35)(H,32,36)/t24-/m0/s1. The number of hydrogen-bond donors (Lipinski definition) is 3. The lowest BCUT2D eigenvalue weighted by atomic mass is 9.94. The molecular formula is C27H21FN6O4. The second-order valence-corrected chi connectivity index (χ2v) is 8.55. The number of non-ortho nitro benzene ring substituents is 1. The van der Waals surface area contributed by atoms with E-state index in [1.54, 1.807) is 37.3 Å². The summed E-state index contributed by atoms with van der Waals surface area (Å²) in [5.41, 5.74) is 2.14. The molecule has 1 aliphatic heterocycles. The summed E-state index contributed by atoms with van der Waals surface area (Å²) in [6.07, 6.45) is 1.34. The van der Waals surface area contributed by atoms with Crippen LogP contribution in [-0.2, 0) is 4.79 Å². The molecule has 1 aliphatic rings. The molecule has 0 saturated heterocycles. The molecule has 4 aromatic rings. The van der Waals surface area contributed by atoms with E-state index in [4.69, 9.17) is 0 Å². The molecule has 2 amide bonds. The van der Waals surface area contributed by atoms with Crippen LogP contribution in [0.2, 0.25) is 0 Å². The van der Waals surface area contributed by atoms with E-state index in [0.29, 0.717) is 28.5 Å². The summed E-state index contributed by atoms with van der Waals surface area (Å²) in [6.45, 7) is 1.68. The smallest absolute Gasteiger partial charge is 0.269 e. The number of allylic oxidation sites excluding steroid dienone is 1. The minimum absolute atomic E-state index is 0.149. The molecule has 0 radical (unpaired) electrons. The number of aromatic nitrogens is 2. The number of fused-ring (bicyclic) bond motifs is 1. The van der Waals surface area contributed by atoms with E-state index >= 15 is 0 Å². The minimum atomic E-state index is -0.873. The summed E-state index contributed by atoms with van der Waals surface area (Å²) in [5.74, 6) is -1.08. The highest BCUT2D eigenvalue weighted by Gasteiger charge is 2.36. The predicted molar refractivity (Wildman–Crippen MR) is 139 cm³/mol. The van der Waals surface area contributed by atoms with E-state index in [1.165, 1.54) is 53.3 Å². The largest absolute Gasteiger partial charge is 0.343 e. The van der Waals surface area contributed by atoms with E-state index in [9.17, 15) is 24.1 Å². The van der Waals surface area contributed by atoms with Crippen LogP contribution in [0.3, 0.4) is 0 Å². The fraction of sp³-hybridized carbons (Fsp3) is 0.0741. The molecular weight excluding hydrogens is 491 g/mol. The second-order valence-electron chi connectivity index (χ2n) is 8.55. The topological polar surface area (TPSA) is 131 Å². The summed E-state index contributed by atoms with van der Waals surface area (Å²) in [7, 11) is 0. The van der Waals surface area contributed by atoms with Gasteiger partial charge in [-0.15, -0.1) is 0 Å². The predicted octanol–water partition coefficient (Wildman–Crippen LogP) is 5.11. The zero-order chi connectivity index (χ0) is 26.8. The normalized spacial score (nSPS) is 14.3. The molecule has 0 saturated carbocycles. The average Bonchev–Trinajstić information content (AvgIpc) is 3.33.